The zero-order valence-electron chi connectivity index (χ0n) is 11.4. The van der Waals surface area contributed by atoms with Crippen molar-refractivity contribution >= 4 is 17.3 Å². The average molecular weight is 286 g/mol. The van der Waals surface area contributed by atoms with Gasteiger partial charge in [-0.15, -0.1) is 0 Å². The lowest BCUT2D eigenvalue weighted by atomic mass is 9.96. The molecule has 1 N–H and O–H groups in total. The van der Waals surface area contributed by atoms with Crippen molar-refractivity contribution < 1.29 is 9.94 Å². The van der Waals surface area contributed by atoms with E-state index in [0.29, 0.717) is 6.61 Å². The SMILES string of the molecule is CCc1nn(C)c(COC2CCC(=NO)CC2)c1Cl. The summed E-state index contributed by atoms with van der Waals surface area (Å²) in [6.07, 6.45) is 4.44. The number of halogens is 1. The Balaban J connectivity index is 1.91. The van der Waals surface area contributed by atoms with E-state index >= 15 is 0 Å². The molecule has 1 aromatic heterocycles. The molecule has 0 spiro atoms. The maximum atomic E-state index is 8.71. The molecule has 0 atom stereocenters. The van der Waals surface area contributed by atoms with Gasteiger partial charge < -0.3 is 9.94 Å². The molecule has 0 bridgehead atoms. The van der Waals surface area contributed by atoms with E-state index in [9.17, 15) is 0 Å². The Kier molecular flexibility index (Phi) is 4.82. The fraction of sp³-hybridized carbons (Fsp3) is 0.692. The second kappa shape index (κ2) is 6.39. The molecule has 1 aromatic rings. The van der Waals surface area contributed by atoms with E-state index in [1.54, 1.807) is 4.68 Å². The van der Waals surface area contributed by atoms with Gasteiger partial charge in [0.2, 0.25) is 0 Å². The minimum Gasteiger partial charge on any atom is -0.411 e. The third kappa shape index (κ3) is 3.28. The second-order valence-corrected chi connectivity index (χ2v) is 5.24. The van der Waals surface area contributed by atoms with Gasteiger partial charge in [-0.25, -0.2) is 0 Å². The van der Waals surface area contributed by atoms with Crippen molar-refractivity contribution in [1.29, 1.82) is 0 Å². The molecule has 1 aliphatic rings. The molecule has 0 unspecified atom stereocenters. The Morgan fingerprint density at radius 1 is 1.47 bits per heavy atom. The van der Waals surface area contributed by atoms with Crippen molar-refractivity contribution in [2.75, 3.05) is 0 Å². The van der Waals surface area contributed by atoms with Crippen molar-refractivity contribution in [1.82, 2.24) is 9.78 Å². The highest BCUT2D eigenvalue weighted by Gasteiger charge is 2.20. The summed E-state index contributed by atoms with van der Waals surface area (Å²) in [6, 6.07) is 0. The largest absolute Gasteiger partial charge is 0.411 e. The van der Waals surface area contributed by atoms with Gasteiger partial charge in [0, 0.05) is 7.05 Å². The van der Waals surface area contributed by atoms with E-state index in [1.165, 1.54) is 0 Å². The maximum absolute atomic E-state index is 8.71. The number of rotatable bonds is 4. The number of aromatic nitrogens is 2. The van der Waals surface area contributed by atoms with Crippen LogP contribution < -0.4 is 0 Å². The van der Waals surface area contributed by atoms with E-state index in [-0.39, 0.29) is 6.10 Å². The summed E-state index contributed by atoms with van der Waals surface area (Å²) >= 11 is 6.28. The predicted octanol–water partition coefficient (Wildman–Crippen LogP) is 2.93. The lowest BCUT2D eigenvalue weighted by Gasteiger charge is -2.22. The highest BCUT2D eigenvalue weighted by atomic mass is 35.5. The molecule has 0 amide bonds. The summed E-state index contributed by atoms with van der Waals surface area (Å²) in [7, 11) is 1.89. The van der Waals surface area contributed by atoms with Crippen molar-refractivity contribution in [2.24, 2.45) is 12.2 Å². The molecule has 1 fully saturated rings. The van der Waals surface area contributed by atoms with Gasteiger partial charge in [-0.05, 0) is 32.1 Å². The number of hydrogen-bond donors (Lipinski definition) is 1. The van der Waals surface area contributed by atoms with E-state index in [0.717, 1.165) is 54.2 Å². The summed E-state index contributed by atoms with van der Waals surface area (Å²) < 4.78 is 7.70. The summed E-state index contributed by atoms with van der Waals surface area (Å²) in [5.74, 6) is 0. The van der Waals surface area contributed by atoms with Crippen LogP contribution in [0.3, 0.4) is 0 Å². The molecule has 6 heteroatoms. The molecular formula is C13H20ClN3O2. The highest BCUT2D eigenvalue weighted by molar-refractivity contribution is 6.31. The molecule has 1 heterocycles. The van der Waals surface area contributed by atoms with Crippen molar-refractivity contribution in [3.05, 3.63) is 16.4 Å². The van der Waals surface area contributed by atoms with Crippen LogP contribution in [0.5, 0.6) is 0 Å². The molecular weight excluding hydrogens is 266 g/mol. The third-order valence-corrected chi connectivity index (χ3v) is 4.05. The van der Waals surface area contributed by atoms with Crippen LogP contribution in [0.2, 0.25) is 5.02 Å². The van der Waals surface area contributed by atoms with Gasteiger partial charge >= 0.3 is 0 Å². The molecule has 0 saturated heterocycles. The van der Waals surface area contributed by atoms with E-state index in [4.69, 9.17) is 21.5 Å². The van der Waals surface area contributed by atoms with Gasteiger partial charge in [0.05, 0.1) is 34.8 Å². The summed E-state index contributed by atoms with van der Waals surface area (Å²) in [6.45, 7) is 2.52. The fourth-order valence-electron chi connectivity index (χ4n) is 2.36. The first kappa shape index (κ1) is 14.3. The zero-order valence-corrected chi connectivity index (χ0v) is 12.2. The van der Waals surface area contributed by atoms with Crippen LogP contribution in [-0.4, -0.2) is 26.8 Å². The number of aryl methyl sites for hydroxylation is 2. The first-order valence-electron chi connectivity index (χ1n) is 6.67. The second-order valence-electron chi connectivity index (χ2n) is 4.86. The molecule has 2 rings (SSSR count). The topological polar surface area (TPSA) is 59.6 Å². The Morgan fingerprint density at radius 2 is 2.16 bits per heavy atom. The highest BCUT2D eigenvalue weighted by Crippen LogP contribution is 2.24. The van der Waals surface area contributed by atoms with Crippen molar-refractivity contribution in [3.63, 3.8) is 0 Å². The predicted molar refractivity (Wildman–Crippen MR) is 73.9 cm³/mol. The molecule has 19 heavy (non-hydrogen) atoms. The molecule has 1 aliphatic carbocycles. The smallest absolute Gasteiger partial charge is 0.0903 e. The summed E-state index contributed by atoms with van der Waals surface area (Å²) in [5, 5.41) is 17.1. The first-order chi connectivity index (χ1) is 9.15. The van der Waals surface area contributed by atoms with Crippen molar-refractivity contribution in [3.8, 4) is 0 Å². The van der Waals surface area contributed by atoms with E-state index in [2.05, 4.69) is 10.3 Å². The maximum Gasteiger partial charge on any atom is 0.0903 e. The fourth-order valence-corrected chi connectivity index (χ4v) is 2.71. The number of hydrogen-bond acceptors (Lipinski definition) is 4. The summed E-state index contributed by atoms with van der Waals surface area (Å²) in [5.41, 5.74) is 2.72. The van der Waals surface area contributed by atoms with Gasteiger partial charge in [0.15, 0.2) is 0 Å². The number of oxime groups is 1. The van der Waals surface area contributed by atoms with Gasteiger partial charge in [0.1, 0.15) is 0 Å². The van der Waals surface area contributed by atoms with E-state index < -0.39 is 0 Å². The summed E-state index contributed by atoms with van der Waals surface area (Å²) in [4.78, 5) is 0. The Bertz CT molecular complexity index is 461. The molecule has 5 nitrogen and oxygen atoms in total. The van der Waals surface area contributed by atoms with Crippen LogP contribution >= 0.6 is 11.6 Å². The van der Waals surface area contributed by atoms with Crippen molar-refractivity contribution in [2.45, 2.75) is 51.7 Å². The Labute approximate surface area is 118 Å². The molecule has 0 radical (unpaired) electrons. The molecule has 1 saturated carbocycles. The van der Waals surface area contributed by atoms with Gasteiger partial charge in [0.25, 0.3) is 0 Å². The Hall–Kier alpha value is -1.07. The first-order valence-corrected chi connectivity index (χ1v) is 7.05. The van der Waals surface area contributed by atoms with Crippen LogP contribution in [-0.2, 0) is 24.8 Å². The minimum atomic E-state index is 0.210. The lowest BCUT2D eigenvalue weighted by Crippen LogP contribution is -2.22. The number of ether oxygens (including phenoxy) is 1. The quantitative estimate of drug-likeness (QED) is 0.683. The average Bonchev–Trinajstić information content (AvgIpc) is 2.72. The molecule has 0 aromatic carbocycles. The standard InChI is InChI=1S/C13H20ClN3O2/c1-3-11-13(14)12(17(2)15-11)8-19-10-6-4-9(16-18)5-7-10/h10,18H,3-8H2,1-2H3. The Morgan fingerprint density at radius 3 is 2.68 bits per heavy atom. The third-order valence-electron chi connectivity index (χ3n) is 3.61. The number of nitrogens with zero attached hydrogens (tertiary/aromatic N) is 3. The van der Waals surface area contributed by atoms with Crippen LogP contribution in [0.15, 0.2) is 5.16 Å². The van der Waals surface area contributed by atoms with Crippen LogP contribution in [0.25, 0.3) is 0 Å². The zero-order chi connectivity index (χ0) is 13.8. The van der Waals surface area contributed by atoms with Gasteiger partial charge in [-0.3, -0.25) is 4.68 Å². The monoisotopic (exact) mass is 285 g/mol. The minimum absolute atomic E-state index is 0.210. The van der Waals surface area contributed by atoms with Gasteiger partial charge in [-0.2, -0.15) is 5.10 Å². The van der Waals surface area contributed by atoms with Gasteiger partial charge in [-0.1, -0.05) is 23.7 Å². The molecule has 0 aliphatic heterocycles. The van der Waals surface area contributed by atoms with E-state index in [1.807, 2.05) is 14.0 Å². The normalized spacial score (nSPS) is 19.7. The van der Waals surface area contributed by atoms with Crippen LogP contribution in [0, 0.1) is 0 Å². The molecule has 106 valence electrons. The lowest BCUT2D eigenvalue weighted by molar-refractivity contribution is 0.0245. The van der Waals surface area contributed by atoms with Crippen LogP contribution in [0.4, 0.5) is 0 Å². The van der Waals surface area contributed by atoms with Crippen LogP contribution in [0.1, 0.15) is 44.0 Å².